The van der Waals surface area contributed by atoms with Crippen LogP contribution in [-0.2, 0) is 13.0 Å². The number of hydrogen-bond donors (Lipinski definition) is 1. The molecule has 1 aliphatic rings. The molecule has 1 atom stereocenters. The first kappa shape index (κ1) is 21.3. The molecule has 7 nitrogen and oxygen atoms in total. The van der Waals surface area contributed by atoms with Crippen molar-refractivity contribution in [1.29, 1.82) is 0 Å². The minimum Gasteiger partial charge on any atom is -0.485 e. The van der Waals surface area contributed by atoms with Crippen LogP contribution in [0.1, 0.15) is 34.8 Å². The molecule has 0 spiro atoms. The third-order valence-electron chi connectivity index (χ3n) is 5.67. The Morgan fingerprint density at radius 3 is 2.91 bits per heavy atom. The number of thioether (sulfide) groups is 1. The summed E-state index contributed by atoms with van der Waals surface area (Å²) in [5.41, 5.74) is 2.93. The minimum atomic E-state index is -0.390. The van der Waals surface area contributed by atoms with E-state index >= 15 is 0 Å². The Balaban J connectivity index is 1.35. The van der Waals surface area contributed by atoms with E-state index < -0.39 is 6.10 Å². The van der Waals surface area contributed by atoms with E-state index in [1.807, 2.05) is 41.0 Å². The number of ether oxygens (including phenoxy) is 2. The number of hydrogen-bond acceptors (Lipinski definition) is 6. The van der Waals surface area contributed by atoms with Gasteiger partial charge >= 0.3 is 0 Å². The van der Waals surface area contributed by atoms with E-state index in [-0.39, 0.29) is 11.5 Å². The number of ketones is 1. The normalized spacial score (nSPS) is 15.0. The highest BCUT2D eigenvalue weighted by Crippen LogP contribution is 2.36. The van der Waals surface area contributed by atoms with Crippen LogP contribution in [0.5, 0.6) is 11.5 Å². The van der Waals surface area contributed by atoms with Crippen LogP contribution in [0.2, 0.25) is 0 Å². The van der Waals surface area contributed by atoms with Gasteiger partial charge in [0.1, 0.15) is 6.61 Å². The van der Waals surface area contributed by atoms with E-state index in [0.29, 0.717) is 41.2 Å². The molecule has 0 radical (unpaired) electrons. The summed E-state index contributed by atoms with van der Waals surface area (Å²) in [5, 5.41) is 10.3. The molecule has 2 aromatic heterocycles. The van der Waals surface area contributed by atoms with Crippen molar-refractivity contribution in [3.63, 3.8) is 0 Å². The first-order chi connectivity index (χ1) is 16.2. The van der Waals surface area contributed by atoms with Gasteiger partial charge in [0, 0.05) is 29.2 Å². The maximum absolute atomic E-state index is 13.0. The minimum absolute atomic E-state index is 0.0420. The molecular weight excluding hydrogens is 436 g/mol. The lowest BCUT2D eigenvalue weighted by atomic mass is 10.1. The van der Waals surface area contributed by atoms with Gasteiger partial charge in [-0.15, -0.1) is 16.8 Å². The number of nitrogens with one attached hydrogen (secondary N) is 1. The lowest BCUT2D eigenvalue weighted by Gasteiger charge is -2.26. The van der Waals surface area contributed by atoms with Crippen LogP contribution >= 0.6 is 11.8 Å². The van der Waals surface area contributed by atoms with Crippen molar-refractivity contribution in [2.75, 3.05) is 12.4 Å². The summed E-state index contributed by atoms with van der Waals surface area (Å²) >= 11 is 1.36. The first-order valence-corrected chi connectivity index (χ1v) is 11.9. The Hall–Kier alpha value is -3.52. The van der Waals surface area contributed by atoms with Crippen molar-refractivity contribution in [3.8, 4) is 11.5 Å². The quantitative estimate of drug-likeness (QED) is 0.226. The van der Waals surface area contributed by atoms with Crippen molar-refractivity contribution in [2.24, 2.45) is 0 Å². The number of benzene rings is 2. The van der Waals surface area contributed by atoms with Crippen molar-refractivity contribution < 1.29 is 14.3 Å². The number of para-hydroxylation sites is 3. The second-order valence-electron chi connectivity index (χ2n) is 7.71. The zero-order chi connectivity index (χ0) is 22.8. The van der Waals surface area contributed by atoms with E-state index in [9.17, 15) is 4.79 Å². The predicted molar refractivity (Wildman–Crippen MR) is 128 cm³/mol. The molecule has 5 rings (SSSR count). The number of carbonyl (C=O) groups excluding carboxylic acids is 1. The second-order valence-corrected chi connectivity index (χ2v) is 8.65. The summed E-state index contributed by atoms with van der Waals surface area (Å²) in [6.07, 6.45) is 4.10. The van der Waals surface area contributed by atoms with E-state index in [2.05, 4.69) is 34.8 Å². The molecule has 0 aliphatic carbocycles. The molecule has 4 aromatic rings. The number of fused-ring (bicyclic) bond motifs is 2. The number of carbonyl (C=O) groups is 1. The molecule has 3 heterocycles. The predicted octanol–water partition coefficient (Wildman–Crippen LogP) is 5.00. The lowest BCUT2D eigenvalue weighted by molar-refractivity contribution is 0.0821. The maximum atomic E-state index is 13.0. The molecule has 33 heavy (non-hydrogen) atoms. The van der Waals surface area contributed by atoms with E-state index in [4.69, 9.17) is 9.47 Å². The monoisotopic (exact) mass is 460 g/mol. The molecule has 1 aliphatic heterocycles. The summed E-state index contributed by atoms with van der Waals surface area (Å²) < 4.78 is 13.9. The third-order valence-corrected chi connectivity index (χ3v) is 6.64. The van der Waals surface area contributed by atoms with Crippen LogP contribution < -0.4 is 9.47 Å². The Morgan fingerprint density at radius 2 is 2.09 bits per heavy atom. The van der Waals surface area contributed by atoms with Crippen molar-refractivity contribution in [2.45, 2.75) is 31.1 Å². The van der Waals surface area contributed by atoms with Gasteiger partial charge in [-0.3, -0.25) is 9.36 Å². The van der Waals surface area contributed by atoms with Gasteiger partial charge in [-0.05, 0) is 24.1 Å². The van der Waals surface area contributed by atoms with Crippen LogP contribution in [-0.4, -0.2) is 37.9 Å². The highest BCUT2D eigenvalue weighted by atomic mass is 32.2. The number of H-pyrrole nitrogens is 1. The third kappa shape index (κ3) is 4.02. The van der Waals surface area contributed by atoms with Crippen molar-refractivity contribution in [3.05, 3.63) is 78.3 Å². The fraction of sp³-hybridized carbons (Fsp3) is 0.240. The first-order valence-electron chi connectivity index (χ1n) is 10.9. The van der Waals surface area contributed by atoms with E-state index in [1.54, 1.807) is 12.3 Å². The SMILES string of the molecule is C=CCn1c(SCC(=O)c2c[nH]c3c(CC)cccc23)nnc1[C@@H]1COc2ccccc2O1. The number of aromatic amines is 1. The Labute approximate surface area is 195 Å². The molecule has 1 N–H and O–H groups in total. The van der Waals surface area contributed by atoms with Gasteiger partial charge < -0.3 is 14.5 Å². The summed E-state index contributed by atoms with van der Waals surface area (Å²) in [7, 11) is 0. The van der Waals surface area contributed by atoms with Crippen molar-refractivity contribution >= 4 is 28.4 Å². The van der Waals surface area contributed by atoms with Gasteiger partial charge in [-0.2, -0.15) is 0 Å². The average Bonchev–Trinajstić information content (AvgIpc) is 3.47. The van der Waals surface area contributed by atoms with Crippen molar-refractivity contribution in [1.82, 2.24) is 19.7 Å². The van der Waals surface area contributed by atoms with Gasteiger partial charge in [-0.25, -0.2) is 0 Å². The fourth-order valence-corrected chi connectivity index (χ4v) is 4.88. The van der Waals surface area contributed by atoms with Gasteiger partial charge in [0.2, 0.25) is 0 Å². The second kappa shape index (κ2) is 9.15. The number of allylic oxidation sites excluding steroid dienone is 1. The zero-order valence-electron chi connectivity index (χ0n) is 18.3. The number of aryl methyl sites for hydroxylation is 1. The smallest absolute Gasteiger partial charge is 0.192 e. The van der Waals surface area contributed by atoms with Crippen LogP contribution in [0.25, 0.3) is 10.9 Å². The molecule has 0 bridgehead atoms. The molecule has 0 saturated heterocycles. The molecule has 0 amide bonds. The van der Waals surface area contributed by atoms with Crippen LogP contribution in [0.4, 0.5) is 0 Å². The Bertz CT molecular complexity index is 1330. The average molecular weight is 461 g/mol. The molecule has 168 valence electrons. The van der Waals surface area contributed by atoms with Gasteiger partial charge in [-0.1, -0.05) is 55.1 Å². The molecule has 0 saturated carbocycles. The highest BCUT2D eigenvalue weighted by Gasteiger charge is 2.28. The summed E-state index contributed by atoms with van der Waals surface area (Å²) in [6.45, 7) is 6.81. The van der Waals surface area contributed by atoms with Crippen LogP contribution in [0.15, 0.2) is 66.5 Å². The number of rotatable bonds is 8. The number of aromatic nitrogens is 4. The van der Waals surface area contributed by atoms with Crippen LogP contribution in [0.3, 0.4) is 0 Å². The summed E-state index contributed by atoms with van der Waals surface area (Å²) in [5.74, 6) is 2.34. The van der Waals surface area contributed by atoms with Crippen LogP contribution in [0, 0.1) is 0 Å². The lowest BCUT2D eigenvalue weighted by Crippen LogP contribution is -2.25. The fourth-order valence-electron chi connectivity index (χ4n) is 4.04. The van der Waals surface area contributed by atoms with Gasteiger partial charge in [0.05, 0.1) is 5.75 Å². The molecule has 0 unspecified atom stereocenters. The zero-order valence-corrected chi connectivity index (χ0v) is 19.1. The number of nitrogens with zero attached hydrogens (tertiary/aromatic N) is 3. The summed E-state index contributed by atoms with van der Waals surface area (Å²) in [6, 6.07) is 13.6. The summed E-state index contributed by atoms with van der Waals surface area (Å²) in [4.78, 5) is 16.3. The molecule has 0 fully saturated rings. The van der Waals surface area contributed by atoms with Gasteiger partial charge in [0.15, 0.2) is 34.4 Å². The Kier molecular flexibility index (Phi) is 5.92. The van der Waals surface area contributed by atoms with E-state index in [1.165, 1.54) is 17.3 Å². The Morgan fingerprint density at radius 1 is 1.24 bits per heavy atom. The largest absolute Gasteiger partial charge is 0.485 e. The van der Waals surface area contributed by atoms with E-state index in [0.717, 1.165) is 17.3 Å². The molecular formula is C25H24N4O3S. The molecule has 2 aromatic carbocycles. The van der Waals surface area contributed by atoms with Gasteiger partial charge in [0.25, 0.3) is 0 Å². The standard InChI is InChI=1S/C25H24N4O3S/c1-3-12-29-24(22-14-31-20-10-5-6-11-21(20)32-22)27-28-25(29)33-15-19(30)18-13-26-23-16(4-2)8-7-9-17(18)23/h3,5-11,13,22,26H,1,4,12,14-15H2,2H3/t22-/m0/s1. The number of Topliss-reactive ketones (excluding diaryl/α,β-unsaturated/α-hetero) is 1. The maximum Gasteiger partial charge on any atom is 0.192 e. The topological polar surface area (TPSA) is 82.0 Å². The highest BCUT2D eigenvalue weighted by molar-refractivity contribution is 7.99. The molecule has 8 heteroatoms.